The molecule has 4 rings (SSSR count). The fourth-order valence-corrected chi connectivity index (χ4v) is 3.70. The number of aromatic nitrogens is 4. The van der Waals surface area contributed by atoms with Crippen molar-refractivity contribution < 1.29 is 9.90 Å². The van der Waals surface area contributed by atoms with Crippen LogP contribution in [0.15, 0.2) is 30.6 Å². The number of phenols is 1. The van der Waals surface area contributed by atoms with Gasteiger partial charge in [-0.2, -0.15) is 9.97 Å². The number of carbonyl (C=O) groups is 1. The van der Waals surface area contributed by atoms with Gasteiger partial charge < -0.3 is 20.3 Å². The highest BCUT2D eigenvalue weighted by molar-refractivity contribution is 6.28. The number of H-pyrrole nitrogens is 1. The Balaban J connectivity index is 1.38. The monoisotopic (exact) mass is 400 g/mol. The molecule has 0 bridgehead atoms. The number of nitrogens with one attached hydrogen (secondary N) is 2. The van der Waals surface area contributed by atoms with E-state index in [1.807, 2.05) is 12.1 Å². The van der Waals surface area contributed by atoms with Crippen LogP contribution in [0.5, 0.6) is 5.75 Å². The van der Waals surface area contributed by atoms with Gasteiger partial charge in [-0.25, -0.2) is 4.98 Å². The van der Waals surface area contributed by atoms with E-state index in [-0.39, 0.29) is 22.9 Å². The Hall–Kier alpha value is -2.87. The molecule has 28 heavy (non-hydrogen) atoms. The third kappa shape index (κ3) is 4.01. The van der Waals surface area contributed by atoms with Crippen LogP contribution in [-0.4, -0.2) is 50.6 Å². The molecule has 3 N–H and O–H groups in total. The predicted molar refractivity (Wildman–Crippen MR) is 106 cm³/mol. The van der Waals surface area contributed by atoms with E-state index < -0.39 is 0 Å². The molecule has 3 aromatic rings. The van der Waals surface area contributed by atoms with Crippen LogP contribution in [0.25, 0.3) is 11.2 Å². The molecule has 9 heteroatoms. The molecule has 1 atom stereocenters. The highest BCUT2D eigenvalue weighted by Crippen LogP contribution is 2.27. The zero-order chi connectivity index (χ0) is 19.5. The summed E-state index contributed by atoms with van der Waals surface area (Å²) in [4.78, 5) is 30.4. The van der Waals surface area contributed by atoms with Crippen molar-refractivity contribution in [1.82, 2.24) is 25.3 Å². The zero-order valence-electron chi connectivity index (χ0n) is 15.2. The van der Waals surface area contributed by atoms with Gasteiger partial charge in [0.15, 0.2) is 11.5 Å². The van der Waals surface area contributed by atoms with Gasteiger partial charge >= 0.3 is 0 Å². The molecule has 3 heterocycles. The summed E-state index contributed by atoms with van der Waals surface area (Å²) in [5, 5.41) is 12.5. The van der Waals surface area contributed by atoms with Crippen molar-refractivity contribution in [2.45, 2.75) is 19.3 Å². The quantitative estimate of drug-likeness (QED) is 0.567. The van der Waals surface area contributed by atoms with E-state index in [4.69, 9.17) is 11.6 Å². The van der Waals surface area contributed by atoms with Crippen LogP contribution in [0.4, 0.5) is 5.82 Å². The van der Waals surface area contributed by atoms with Crippen LogP contribution in [0.3, 0.4) is 0 Å². The summed E-state index contributed by atoms with van der Waals surface area (Å²) in [6.45, 7) is 1.94. The Morgan fingerprint density at radius 3 is 2.96 bits per heavy atom. The number of nitrogens with zero attached hydrogens (tertiary/aromatic N) is 4. The van der Waals surface area contributed by atoms with E-state index in [9.17, 15) is 9.90 Å². The number of amides is 1. The SMILES string of the molecule is O=C(NCCc1ccc(O)cc1)[C@@H]1CCCN(c2nc(Cl)nc3nc[nH]c23)C1. The summed E-state index contributed by atoms with van der Waals surface area (Å²) in [6, 6.07) is 7.02. The Labute approximate surface area is 167 Å². The van der Waals surface area contributed by atoms with E-state index in [1.165, 1.54) is 0 Å². The molecule has 1 aliphatic rings. The van der Waals surface area contributed by atoms with Crippen molar-refractivity contribution in [2.24, 2.45) is 5.92 Å². The van der Waals surface area contributed by atoms with Gasteiger partial charge in [0.25, 0.3) is 0 Å². The van der Waals surface area contributed by atoms with Crippen molar-refractivity contribution >= 4 is 34.5 Å². The lowest BCUT2D eigenvalue weighted by Crippen LogP contribution is -2.44. The maximum atomic E-state index is 12.6. The molecule has 1 fully saturated rings. The average Bonchev–Trinajstić information content (AvgIpc) is 3.17. The first-order valence-electron chi connectivity index (χ1n) is 9.27. The molecule has 1 aromatic carbocycles. The fraction of sp³-hybridized carbons (Fsp3) is 0.368. The number of aromatic amines is 1. The molecule has 8 nitrogen and oxygen atoms in total. The van der Waals surface area contributed by atoms with Crippen molar-refractivity contribution in [3.63, 3.8) is 0 Å². The third-order valence-corrected chi connectivity index (χ3v) is 5.15. The molecule has 1 amide bonds. The van der Waals surface area contributed by atoms with E-state index in [0.717, 1.165) is 36.9 Å². The molecular formula is C19H21ClN6O2. The Morgan fingerprint density at radius 2 is 2.14 bits per heavy atom. The van der Waals surface area contributed by atoms with Gasteiger partial charge in [-0.05, 0) is 48.6 Å². The lowest BCUT2D eigenvalue weighted by Gasteiger charge is -2.33. The molecule has 146 valence electrons. The Morgan fingerprint density at radius 1 is 1.32 bits per heavy atom. The van der Waals surface area contributed by atoms with E-state index in [2.05, 4.69) is 30.2 Å². The van der Waals surface area contributed by atoms with Gasteiger partial charge in [-0.15, -0.1) is 0 Å². The minimum absolute atomic E-state index is 0.0458. The number of aromatic hydroxyl groups is 1. The number of fused-ring (bicyclic) bond motifs is 1. The molecule has 2 aromatic heterocycles. The van der Waals surface area contributed by atoms with Crippen LogP contribution in [0, 0.1) is 5.92 Å². The Bertz CT molecular complexity index is 974. The molecule has 0 unspecified atom stereocenters. The molecule has 1 saturated heterocycles. The van der Waals surface area contributed by atoms with Crippen molar-refractivity contribution in [3.05, 3.63) is 41.4 Å². The summed E-state index contributed by atoms with van der Waals surface area (Å²) < 4.78 is 0. The number of halogens is 1. The number of piperidine rings is 1. The number of anilines is 1. The number of benzene rings is 1. The van der Waals surface area contributed by atoms with Crippen LogP contribution in [-0.2, 0) is 11.2 Å². The molecule has 0 saturated carbocycles. The molecule has 0 aliphatic carbocycles. The second-order valence-electron chi connectivity index (χ2n) is 6.91. The van der Waals surface area contributed by atoms with Crippen molar-refractivity contribution in [3.8, 4) is 5.75 Å². The first-order valence-corrected chi connectivity index (χ1v) is 9.65. The zero-order valence-corrected chi connectivity index (χ0v) is 16.0. The lowest BCUT2D eigenvalue weighted by atomic mass is 9.97. The first-order chi connectivity index (χ1) is 13.6. The van der Waals surface area contributed by atoms with E-state index in [1.54, 1.807) is 18.5 Å². The van der Waals surface area contributed by atoms with Crippen LogP contribution >= 0.6 is 11.6 Å². The topological polar surface area (TPSA) is 107 Å². The van der Waals surface area contributed by atoms with Crippen LogP contribution in [0.2, 0.25) is 5.28 Å². The third-order valence-electron chi connectivity index (χ3n) is 4.98. The predicted octanol–water partition coefficient (Wildman–Crippen LogP) is 2.29. The number of rotatable bonds is 5. The largest absolute Gasteiger partial charge is 0.508 e. The second-order valence-corrected chi connectivity index (χ2v) is 7.25. The summed E-state index contributed by atoms with van der Waals surface area (Å²) in [5.74, 6) is 0.866. The fourth-order valence-electron chi connectivity index (χ4n) is 3.54. The molecule has 0 radical (unpaired) electrons. The maximum Gasteiger partial charge on any atom is 0.226 e. The second kappa shape index (κ2) is 8.02. The minimum atomic E-state index is -0.111. The lowest BCUT2D eigenvalue weighted by molar-refractivity contribution is -0.125. The maximum absolute atomic E-state index is 12.6. The van der Waals surface area contributed by atoms with Gasteiger partial charge in [-0.1, -0.05) is 12.1 Å². The van der Waals surface area contributed by atoms with E-state index >= 15 is 0 Å². The number of imidazole rings is 1. The van der Waals surface area contributed by atoms with Crippen molar-refractivity contribution in [1.29, 1.82) is 0 Å². The van der Waals surface area contributed by atoms with Crippen LogP contribution in [0.1, 0.15) is 18.4 Å². The smallest absolute Gasteiger partial charge is 0.226 e. The highest BCUT2D eigenvalue weighted by atomic mass is 35.5. The normalized spacial score (nSPS) is 17.0. The number of hydrogen-bond donors (Lipinski definition) is 3. The molecular weight excluding hydrogens is 380 g/mol. The van der Waals surface area contributed by atoms with Gasteiger partial charge in [0.1, 0.15) is 11.3 Å². The minimum Gasteiger partial charge on any atom is -0.508 e. The average molecular weight is 401 g/mol. The highest BCUT2D eigenvalue weighted by Gasteiger charge is 2.28. The summed E-state index contributed by atoms with van der Waals surface area (Å²) in [6.07, 6.45) is 4.02. The number of phenolic OH excluding ortho intramolecular Hbond substituents is 1. The van der Waals surface area contributed by atoms with Crippen LogP contribution < -0.4 is 10.2 Å². The summed E-state index contributed by atoms with van der Waals surface area (Å²) in [7, 11) is 0. The Kier molecular flexibility index (Phi) is 5.29. The molecule has 1 aliphatic heterocycles. The summed E-state index contributed by atoms with van der Waals surface area (Å²) in [5.41, 5.74) is 2.33. The van der Waals surface area contributed by atoms with Gasteiger partial charge in [0.05, 0.1) is 12.2 Å². The van der Waals surface area contributed by atoms with Gasteiger partial charge in [0, 0.05) is 19.6 Å². The van der Waals surface area contributed by atoms with E-state index in [0.29, 0.717) is 24.6 Å². The van der Waals surface area contributed by atoms with Gasteiger partial charge in [0.2, 0.25) is 11.2 Å². The number of carbonyl (C=O) groups excluding carboxylic acids is 1. The number of hydrogen-bond acceptors (Lipinski definition) is 6. The standard InChI is InChI=1S/C19H21ClN6O2/c20-19-24-16-15(22-11-23-16)17(25-19)26-9-1-2-13(10-26)18(28)21-8-7-12-3-5-14(27)6-4-12/h3-6,11,13,27H,1-2,7-10H2,(H,21,28)(H,22,23,24,25)/t13-/m1/s1. The molecule has 0 spiro atoms. The summed E-state index contributed by atoms with van der Waals surface area (Å²) >= 11 is 6.04. The first kappa shape index (κ1) is 18.5. The van der Waals surface area contributed by atoms with Crippen molar-refractivity contribution in [2.75, 3.05) is 24.5 Å². The van der Waals surface area contributed by atoms with Gasteiger partial charge in [-0.3, -0.25) is 4.79 Å².